The molecule has 2 heterocycles. The first-order valence-electron chi connectivity index (χ1n) is 6.51. The fourth-order valence-electron chi connectivity index (χ4n) is 1.83. The van der Waals surface area contributed by atoms with Gasteiger partial charge in [0.05, 0.1) is 11.9 Å². The molecule has 0 saturated carbocycles. The fraction of sp³-hybridized carbons (Fsp3) is 0.0714. The average Bonchev–Trinajstić information content (AvgIpc) is 2.99. The molecular weight excluding hydrogens is 338 g/mol. The van der Waals surface area contributed by atoms with Gasteiger partial charge in [-0.3, -0.25) is 9.78 Å². The number of benzene rings is 1. The number of thioether (sulfide) groups is 1. The lowest BCUT2D eigenvalue weighted by Gasteiger charge is -2.02. The van der Waals surface area contributed by atoms with Gasteiger partial charge in [0.2, 0.25) is 5.89 Å². The molecule has 0 bridgehead atoms. The van der Waals surface area contributed by atoms with E-state index in [1.807, 2.05) is 12.1 Å². The third-order valence-electron chi connectivity index (χ3n) is 2.96. The molecule has 9 heteroatoms. The van der Waals surface area contributed by atoms with E-state index in [2.05, 4.69) is 15.0 Å². The van der Waals surface area contributed by atoms with Crippen LogP contribution in [0.4, 0.5) is 11.5 Å². The van der Waals surface area contributed by atoms with Gasteiger partial charge < -0.3 is 15.9 Å². The summed E-state index contributed by atoms with van der Waals surface area (Å²) in [5.74, 6) is 1.49. The van der Waals surface area contributed by atoms with Gasteiger partial charge in [-0.15, -0.1) is 0 Å². The topological polar surface area (TPSA) is 124 Å². The molecule has 5 N–H and O–H groups in total. The number of H-pyrrole nitrogens is 1. The largest absolute Gasteiger partial charge is 0.440 e. The van der Waals surface area contributed by atoms with Gasteiger partial charge in [-0.1, -0.05) is 35.5 Å². The summed E-state index contributed by atoms with van der Waals surface area (Å²) in [7, 11) is 0. The van der Waals surface area contributed by atoms with Gasteiger partial charge >= 0.3 is 0 Å². The number of hydrogen-bond acceptors (Lipinski definition) is 7. The van der Waals surface area contributed by atoms with Gasteiger partial charge in [0.25, 0.3) is 5.56 Å². The minimum absolute atomic E-state index is 0.00303. The van der Waals surface area contributed by atoms with Crippen LogP contribution in [0.3, 0.4) is 0 Å². The molecule has 0 unspecified atom stereocenters. The third-order valence-corrected chi connectivity index (χ3v) is 4.05. The molecule has 0 aliphatic heterocycles. The maximum absolute atomic E-state index is 11.5. The number of anilines is 2. The zero-order chi connectivity index (χ0) is 16.4. The fourth-order valence-corrected chi connectivity index (χ4v) is 2.74. The highest BCUT2D eigenvalue weighted by atomic mass is 35.5. The molecule has 0 aliphatic carbocycles. The van der Waals surface area contributed by atoms with E-state index in [0.29, 0.717) is 27.6 Å². The quantitative estimate of drug-likeness (QED) is 0.488. The van der Waals surface area contributed by atoms with E-state index in [1.165, 1.54) is 11.8 Å². The Balaban J connectivity index is 1.74. The summed E-state index contributed by atoms with van der Waals surface area (Å²) in [4.78, 5) is 22.3. The van der Waals surface area contributed by atoms with E-state index in [1.54, 1.807) is 18.3 Å². The van der Waals surface area contributed by atoms with Gasteiger partial charge in [-0.25, -0.2) is 9.97 Å². The van der Waals surface area contributed by atoms with Crippen molar-refractivity contribution in [3.05, 3.63) is 51.7 Å². The lowest BCUT2D eigenvalue weighted by atomic mass is 10.2. The second kappa shape index (κ2) is 6.35. The van der Waals surface area contributed by atoms with Crippen LogP contribution in [0, 0.1) is 0 Å². The van der Waals surface area contributed by atoms with Crippen molar-refractivity contribution < 1.29 is 4.42 Å². The molecule has 3 aromatic rings. The van der Waals surface area contributed by atoms with Crippen molar-refractivity contribution >= 4 is 34.9 Å². The number of nitrogens with one attached hydrogen (secondary N) is 1. The number of rotatable bonds is 4. The molecule has 23 heavy (non-hydrogen) atoms. The zero-order valence-corrected chi connectivity index (χ0v) is 13.3. The van der Waals surface area contributed by atoms with E-state index in [9.17, 15) is 4.79 Å². The molecule has 0 amide bonds. The van der Waals surface area contributed by atoms with Crippen molar-refractivity contribution in [3.63, 3.8) is 0 Å². The molecule has 118 valence electrons. The predicted octanol–water partition coefficient (Wildman–Crippen LogP) is 2.54. The molecule has 7 nitrogen and oxygen atoms in total. The van der Waals surface area contributed by atoms with E-state index < -0.39 is 5.56 Å². The van der Waals surface area contributed by atoms with Crippen molar-refractivity contribution in [1.82, 2.24) is 15.0 Å². The maximum Gasteiger partial charge on any atom is 0.276 e. The smallest absolute Gasteiger partial charge is 0.276 e. The van der Waals surface area contributed by atoms with Crippen LogP contribution in [0.25, 0.3) is 11.3 Å². The Bertz CT molecular complexity index is 908. The zero-order valence-electron chi connectivity index (χ0n) is 11.7. The van der Waals surface area contributed by atoms with Gasteiger partial charge in [-0.05, 0) is 12.1 Å². The van der Waals surface area contributed by atoms with Crippen molar-refractivity contribution in [2.24, 2.45) is 0 Å². The number of nitrogen functional groups attached to an aromatic ring is 2. The Hall–Kier alpha value is -2.45. The third kappa shape index (κ3) is 3.49. The molecule has 2 aromatic heterocycles. The first-order valence-corrected chi connectivity index (χ1v) is 7.88. The van der Waals surface area contributed by atoms with Crippen molar-refractivity contribution in [1.29, 1.82) is 0 Å². The second-order valence-electron chi connectivity index (χ2n) is 4.59. The monoisotopic (exact) mass is 349 g/mol. The van der Waals surface area contributed by atoms with E-state index in [0.717, 1.165) is 5.56 Å². The van der Waals surface area contributed by atoms with E-state index >= 15 is 0 Å². The lowest BCUT2D eigenvalue weighted by molar-refractivity contribution is 0.530. The summed E-state index contributed by atoms with van der Waals surface area (Å²) in [5.41, 5.74) is 11.3. The number of hydrogen-bond donors (Lipinski definition) is 3. The average molecular weight is 350 g/mol. The maximum atomic E-state index is 11.5. The van der Waals surface area contributed by atoms with Crippen LogP contribution in [-0.4, -0.2) is 15.0 Å². The van der Waals surface area contributed by atoms with Crippen LogP contribution in [0.2, 0.25) is 5.02 Å². The summed E-state index contributed by atoms with van der Waals surface area (Å²) >= 11 is 7.19. The Kier molecular flexibility index (Phi) is 4.26. The Labute approximate surface area is 140 Å². The number of halogens is 1. The van der Waals surface area contributed by atoms with Gasteiger partial charge in [0, 0.05) is 10.6 Å². The number of aromatic amines is 1. The highest BCUT2D eigenvalue weighted by Crippen LogP contribution is 2.26. The highest BCUT2D eigenvalue weighted by molar-refractivity contribution is 7.98. The van der Waals surface area contributed by atoms with Crippen LogP contribution in [0.5, 0.6) is 0 Å². The molecule has 0 aliphatic rings. The van der Waals surface area contributed by atoms with Crippen LogP contribution in [-0.2, 0) is 5.75 Å². The van der Waals surface area contributed by atoms with Crippen molar-refractivity contribution in [3.8, 4) is 11.3 Å². The van der Waals surface area contributed by atoms with Crippen LogP contribution >= 0.6 is 23.4 Å². The molecule has 0 fully saturated rings. The number of aromatic nitrogens is 3. The lowest BCUT2D eigenvalue weighted by Crippen LogP contribution is -2.16. The molecule has 3 rings (SSSR count). The molecule has 0 atom stereocenters. The predicted molar refractivity (Wildman–Crippen MR) is 90.2 cm³/mol. The highest BCUT2D eigenvalue weighted by Gasteiger charge is 2.10. The molecular formula is C14H12ClN5O2S. The first kappa shape index (κ1) is 15.4. The van der Waals surface area contributed by atoms with Crippen molar-refractivity contribution in [2.45, 2.75) is 10.9 Å². The van der Waals surface area contributed by atoms with Crippen LogP contribution in [0.1, 0.15) is 5.89 Å². The summed E-state index contributed by atoms with van der Waals surface area (Å²) < 4.78 is 5.66. The van der Waals surface area contributed by atoms with Gasteiger partial charge in [0.15, 0.2) is 16.7 Å². The minimum atomic E-state index is -0.466. The molecule has 0 saturated heterocycles. The SMILES string of the molecule is Nc1nc(SCc2ncc(-c3cccc(Cl)c3)o2)[nH]c(=O)c1N. The summed E-state index contributed by atoms with van der Waals surface area (Å²) in [6.45, 7) is 0. The summed E-state index contributed by atoms with van der Waals surface area (Å²) in [5, 5.41) is 0.971. The standard InChI is InChI=1S/C14H12ClN5O2S/c15-8-3-1-2-7(4-8)9-5-18-10(22-9)6-23-14-19-12(17)11(16)13(21)20-14/h1-5H,6,16H2,(H3,17,19,20,21). The van der Waals surface area contributed by atoms with Gasteiger partial charge in [-0.2, -0.15) is 0 Å². The first-order chi connectivity index (χ1) is 11.0. The molecule has 0 radical (unpaired) electrons. The number of nitrogens with two attached hydrogens (primary N) is 2. The number of nitrogens with zero attached hydrogens (tertiary/aromatic N) is 2. The van der Waals surface area contributed by atoms with Crippen molar-refractivity contribution in [2.75, 3.05) is 11.5 Å². The Morgan fingerprint density at radius 2 is 2.17 bits per heavy atom. The van der Waals surface area contributed by atoms with Crippen LogP contribution < -0.4 is 17.0 Å². The molecule has 0 spiro atoms. The second-order valence-corrected chi connectivity index (χ2v) is 5.99. The van der Waals surface area contributed by atoms with E-state index in [-0.39, 0.29) is 11.5 Å². The minimum Gasteiger partial charge on any atom is -0.440 e. The summed E-state index contributed by atoms with van der Waals surface area (Å²) in [6, 6.07) is 7.29. The molecule has 1 aromatic carbocycles. The summed E-state index contributed by atoms with van der Waals surface area (Å²) in [6.07, 6.45) is 1.62. The normalized spacial score (nSPS) is 10.8. The van der Waals surface area contributed by atoms with Gasteiger partial charge in [0.1, 0.15) is 5.69 Å². The van der Waals surface area contributed by atoms with E-state index in [4.69, 9.17) is 27.5 Å². The Morgan fingerprint density at radius 3 is 2.91 bits per heavy atom. The Morgan fingerprint density at radius 1 is 1.35 bits per heavy atom. The number of oxazole rings is 1. The van der Waals surface area contributed by atoms with Crippen LogP contribution in [0.15, 0.2) is 44.8 Å².